The van der Waals surface area contributed by atoms with Gasteiger partial charge in [-0.15, -0.1) is 0 Å². The Morgan fingerprint density at radius 3 is 2.34 bits per heavy atom. The summed E-state index contributed by atoms with van der Waals surface area (Å²) in [4.78, 5) is 37.4. The van der Waals surface area contributed by atoms with Gasteiger partial charge in [-0.2, -0.15) is 0 Å². The Morgan fingerprint density at radius 2 is 1.69 bits per heavy atom. The smallest absolute Gasteiger partial charge is 0.407 e. The maximum Gasteiger partial charge on any atom is 0.407 e. The molecule has 1 aliphatic heterocycles. The number of carboxylic acids is 1. The Kier molecular flexibility index (Phi) is 6.23. The van der Waals surface area contributed by atoms with E-state index in [1.807, 2.05) is 24.3 Å². The maximum atomic E-state index is 13.1. The van der Waals surface area contributed by atoms with Gasteiger partial charge in [0.25, 0.3) is 0 Å². The number of ether oxygens (including phenoxy) is 2. The Bertz CT molecular complexity index is 1100. The zero-order valence-electron chi connectivity index (χ0n) is 19.7. The van der Waals surface area contributed by atoms with E-state index >= 15 is 0 Å². The lowest BCUT2D eigenvalue weighted by Gasteiger charge is -2.31. The van der Waals surface area contributed by atoms with E-state index < -0.39 is 35.5 Å². The van der Waals surface area contributed by atoms with Crippen molar-refractivity contribution in [2.75, 3.05) is 19.8 Å². The zero-order valence-corrected chi connectivity index (χ0v) is 19.7. The summed E-state index contributed by atoms with van der Waals surface area (Å²) in [6.45, 7) is 2.23. The molecule has 2 fully saturated rings. The van der Waals surface area contributed by atoms with Gasteiger partial charge >= 0.3 is 12.1 Å². The second-order valence-electron chi connectivity index (χ2n) is 9.91. The normalized spacial score (nSPS) is 27.2. The fraction of sp³-hybridized carbons (Fsp3) is 0.444. The first kappa shape index (κ1) is 23.4. The second-order valence-corrected chi connectivity index (χ2v) is 9.91. The van der Waals surface area contributed by atoms with Crippen LogP contribution in [0.25, 0.3) is 11.1 Å². The summed E-state index contributed by atoms with van der Waals surface area (Å²) in [5, 5.41) is 15.1. The highest BCUT2D eigenvalue weighted by molar-refractivity contribution is 5.85. The molecule has 0 bridgehead atoms. The molecule has 4 unspecified atom stereocenters. The third-order valence-corrected chi connectivity index (χ3v) is 7.76. The summed E-state index contributed by atoms with van der Waals surface area (Å²) in [7, 11) is 0. The minimum absolute atomic E-state index is 0.0574. The SMILES string of the molecule is CC1(C(=O)NC2CCCC2C(=O)O)COCC1NC(=O)OCC1c2ccccc2-c2ccccc21. The van der Waals surface area contributed by atoms with Gasteiger partial charge in [-0.25, -0.2) is 4.79 Å². The molecule has 2 aromatic rings. The Hall–Kier alpha value is -3.39. The molecule has 0 radical (unpaired) electrons. The number of aliphatic carboxylic acids is 1. The summed E-state index contributed by atoms with van der Waals surface area (Å²) >= 11 is 0. The van der Waals surface area contributed by atoms with Crippen LogP contribution < -0.4 is 10.6 Å². The van der Waals surface area contributed by atoms with E-state index in [4.69, 9.17) is 9.47 Å². The van der Waals surface area contributed by atoms with Crippen LogP contribution in [0.15, 0.2) is 48.5 Å². The predicted molar refractivity (Wildman–Crippen MR) is 128 cm³/mol. The van der Waals surface area contributed by atoms with Crippen molar-refractivity contribution in [2.45, 2.75) is 44.2 Å². The van der Waals surface area contributed by atoms with Crippen LogP contribution in [0.3, 0.4) is 0 Å². The number of nitrogens with one attached hydrogen (secondary N) is 2. The first-order chi connectivity index (χ1) is 16.9. The lowest BCUT2D eigenvalue weighted by Crippen LogP contribution is -2.56. The van der Waals surface area contributed by atoms with E-state index in [0.29, 0.717) is 12.8 Å². The van der Waals surface area contributed by atoms with Crippen molar-refractivity contribution in [1.82, 2.24) is 10.6 Å². The molecule has 2 amide bonds. The van der Waals surface area contributed by atoms with Gasteiger partial charge in [-0.05, 0) is 42.0 Å². The van der Waals surface area contributed by atoms with Crippen LogP contribution in [0.5, 0.6) is 0 Å². The fourth-order valence-corrected chi connectivity index (χ4v) is 5.64. The van der Waals surface area contributed by atoms with Crippen LogP contribution >= 0.6 is 0 Å². The van der Waals surface area contributed by atoms with E-state index in [2.05, 4.69) is 34.9 Å². The number of hydrogen-bond acceptors (Lipinski definition) is 5. The molecule has 1 saturated heterocycles. The van der Waals surface area contributed by atoms with Crippen LogP contribution in [-0.4, -0.2) is 55.0 Å². The lowest BCUT2D eigenvalue weighted by atomic mass is 9.83. The van der Waals surface area contributed by atoms with Crippen molar-refractivity contribution in [3.8, 4) is 11.1 Å². The average Bonchev–Trinajstić information content (AvgIpc) is 3.55. The second kappa shape index (κ2) is 9.34. The van der Waals surface area contributed by atoms with Crippen LogP contribution in [0.1, 0.15) is 43.2 Å². The van der Waals surface area contributed by atoms with E-state index in [-0.39, 0.29) is 31.6 Å². The van der Waals surface area contributed by atoms with Gasteiger partial charge in [-0.3, -0.25) is 9.59 Å². The van der Waals surface area contributed by atoms with Crippen molar-refractivity contribution < 1.29 is 29.0 Å². The van der Waals surface area contributed by atoms with Gasteiger partial charge in [0.1, 0.15) is 6.61 Å². The number of carbonyl (C=O) groups is 3. The lowest BCUT2D eigenvalue weighted by molar-refractivity contribution is -0.142. The maximum absolute atomic E-state index is 13.1. The number of carboxylic acid groups (broad SMARTS) is 1. The summed E-state index contributed by atoms with van der Waals surface area (Å²) in [5.74, 6) is -1.84. The molecule has 1 heterocycles. The first-order valence-corrected chi connectivity index (χ1v) is 12.1. The monoisotopic (exact) mass is 478 g/mol. The summed E-state index contributed by atoms with van der Waals surface area (Å²) in [6, 6.07) is 15.2. The molecular weight excluding hydrogens is 448 g/mol. The molecule has 184 valence electrons. The Morgan fingerprint density at radius 1 is 1.03 bits per heavy atom. The van der Waals surface area contributed by atoms with E-state index in [0.717, 1.165) is 28.7 Å². The molecule has 4 atom stereocenters. The van der Waals surface area contributed by atoms with Gasteiger partial charge in [0.05, 0.1) is 30.6 Å². The first-order valence-electron chi connectivity index (χ1n) is 12.1. The van der Waals surface area contributed by atoms with E-state index in [1.165, 1.54) is 0 Å². The van der Waals surface area contributed by atoms with E-state index in [1.54, 1.807) is 6.92 Å². The summed E-state index contributed by atoms with van der Waals surface area (Å²) < 4.78 is 11.2. The zero-order chi connectivity index (χ0) is 24.6. The quantitative estimate of drug-likeness (QED) is 0.587. The van der Waals surface area contributed by atoms with E-state index in [9.17, 15) is 19.5 Å². The van der Waals surface area contributed by atoms with Gasteiger partial charge in [0, 0.05) is 12.0 Å². The van der Waals surface area contributed by atoms with Gasteiger partial charge in [0.2, 0.25) is 5.91 Å². The van der Waals surface area contributed by atoms with Gasteiger partial charge < -0.3 is 25.2 Å². The molecule has 8 nitrogen and oxygen atoms in total. The molecule has 3 aliphatic rings. The molecule has 8 heteroatoms. The fourth-order valence-electron chi connectivity index (χ4n) is 5.64. The number of hydrogen-bond donors (Lipinski definition) is 3. The van der Waals surface area contributed by atoms with Crippen molar-refractivity contribution in [3.05, 3.63) is 59.7 Å². The van der Waals surface area contributed by atoms with Gasteiger partial charge in [-0.1, -0.05) is 55.0 Å². The molecule has 1 saturated carbocycles. The molecular formula is C27H30N2O6. The standard InChI is InChI=1S/C27H30N2O6/c1-27(25(32)28-22-12-6-11-20(22)24(30)31)15-34-14-23(27)29-26(33)35-13-21-18-9-4-2-7-16(18)17-8-3-5-10-19(17)21/h2-5,7-10,20-23H,6,11-15H2,1H3,(H,28,32)(H,29,33)(H,30,31). The minimum atomic E-state index is -1.02. The molecule has 5 rings (SSSR count). The number of amides is 2. The van der Waals surface area contributed by atoms with Crippen molar-refractivity contribution in [1.29, 1.82) is 0 Å². The topological polar surface area (TPSA) is 114 Å². The molecule has 0 spiro atoms. The van der Waals surface area contributed by atoms with Crippen LogP contribution in [-0.2, 0) is 19.1 Å². The minimum Gasteiger partial charge on any atom is -0.481 e. The average molecular weight is 479 g/mol. The largest absolute Gasteiger partial charge is 0.481 e. The number of rotatable bonds is 6. The van der Waals surface area contributed by atoms with Gasteiger partial charge in [0.15, 0.2) is 0 Å². The molecule has 3 N–H and O–H groups in total. The highest BCUT2D eigenvalue weighted by Gasteiger charge is 2.49. The molecule has 2 aromatic carbocycles. The molecule has 35 heavy (non-hydrogen) atoms. The van der Waals surface area contributed by atoms with Crippen molar-refractivity contribution in [3.63, 3.8) is 0 Å². The number of alkyl carbamates (subject to hydrolysis) is 1. The number of fused-ring (bicyclic) bond motifs is 3. The number of carbonyl (C=O) groups excluding carboxylic acids is 2. The highest BCUT2D eigenvalue weighted by atomic mass is 16.5. The third-order valence-electron chi connectivity index (χ3n) is 7.76. The molecule has 0 aromatic heterocycles. The van der Waals surface area contributed by atoms with Crippen LogP contribution in [0, 0.1) is 11.3 Å². The van der Waals surface area contributed by atoms with Crippen molar-refractivity contribution >= 4 is 18.0 Å². The van der Waals surface area contributed by atoms with Crippen molar-refractivity contribution in [2.24, 2.45) is 11.3 Å². The molecule has 2 aliphatic carbocycles. The van der Waals surface area contributed by atoms with Crippen LogP contribution in [0.4, 0.5) is 4.79 Å². The van der Waals surface area contributed by atoms with Crippen LogP contribution in [0.2, 0.25) is 0 Å². The summed E-state index contributed by atoms with van der Waals surface area (Å²) in [5.41, 5.74) is 3.53. The number of benzene rings is 2. The third kappa shape index (κ3) is 4.27. The highest BCUT2D eigenvalue weighted by Crippen LogP contribution is 2.44. The Balaban J connectivity index is 1.22. The predicted octanol–water partition coefficient (Wildman–Crippen LogP) is 3.30. The summed E-state index contributed by atoms with van der Waals surface area (Å²) in [6.07, 6.45) is 1.33. The Labute approximate surface area is 204 Å².